The molecule has 0 aromatic rings. The zero-order valence-electron chi connectivity index (χ0n) is 6.35. The van der Waals surface area contributed by atoms with Crippen LogP contribution in [-0.2, 0) is 0 Å². The Morgan fingerprint density at radius 1 is 1.82 bits per heavy atom. The maximum atomic E-state index is 11.0. The summed E-state index contributed by atoms with van der Waals surface area (Å²) in [6, 6.07) is 0. The topological polar surface area (TPSA) is 71.0 Å². The average Bonchev–Trinajstić information content (AvgIpc) is 2.08. The molecule has 0 radical (unpaired) electrons. The minimum Gasteiger partial charge on any atom is -0.622 e. The zero-order valence-corrected chi connectivity index (χ0v) is 6.35. The van der Waals surface area contributed by atoms with Gasteiger partial charge in [-0.25, -0.2) is 4.99 Å². The van der Waals surface area contributed by atoms with Gasteiger partial charge in [0, 0.05) is 13.8 Å². The number of nitrogens with zero attached hydrogens (tertiary/aromatic N) is 3. The molecule has 0 atom stereocenters. The van der Waals surface area contributed by atoms with Gasteiger partial charge in [0.15, 0.2) is 5.71 Å². The van der Waals surface area contributed by atoms with Crippen molar-refractivity contribution in [3.63, 3.8) is 0 Å². The summed E-state index contributed by atoms with van der Waals surface area (Å²) in [4.78, 5) is 3.96. The van der Waals surface area contributed by atoms with Crippen LogP contribution in [0.5, 0.6) is 0 Å². The van der Waals surface area contributed by atoms with Gasteiger partial charge >= 0.3 is 0 Å². The summed E-state index contributed by atoms with van der Waals surface area (Å²) < 4.78 is 0.712. The Labute approximate surface area is 64.0 Å². The first-order chi connectivity index (χ1) is 5.06. The molecule has 0 bridgehead atoms. The third-order valence-corrected chi connectivity index (χ3v) is 1.38. The molecule has 5 heteroatoms. The number of hydrogen-bond acceptors (Lipinski definition) is 4. The molecular weight excluding hydrogens is 146 g/mol. The van der Waals surface area contributed by atoms with Gasteiger partial charge in [-0.2, -0.15) is 4.74 Å². The van der Waals surface area contributed by atoms with Crippen LogP contribution in [0.1, 0.15) is 13.8 Å². The van der Waals surface area contributed by atoms with E-state index in [-0.39, 0.29) is 0 Å². The molecule has 0 spiro atoms. The lowest BCUT2D eigenvalue weighted by molar-refractivity contribution is -0.528. The fraction of sp³-hybridized carbons (Fsp3) is 0.500. The van der Waals surface area contributed by atoms with Crippen LogP contribution in [0.2, 0.25) is 0 Å². The Kier molecular flexibility index (Phi) is 1.64. The van der Waals surface area contributed by atoms with Gasteiger partial charge in [0.1, 0.15) is 0 Å². The molecule has 0 aromatic carbocycles. The third kappa shape index (κ3) is 1.36. The average molecular weight is 155 g/mol. The summed E-state index contributed by atoms with van der Waals surface area (Å²) in [6.45, 7) is 3.35. The molecule has 0 saturated heterocycles. The van der Waals surface area contributed by atoms with E-state index in [9.17, 15) is 5.21 Å². The van der Waals surface area contributed by atoms with Gasteiger partial charge in [-0.05, 0) is 0 Å². The third-order valence-electron chi connectivity index (χ3n) is 1.38. The van der Waals surface area contributed by atoms with E-state index < -0.39 is 5.66 Å². The lowest BCUT2D eigenvalue weighted by atomic mass is 10.3. The van der Waals surface area contributed by atoms with Crippen LogP contribution < -0.4 is 0 Å². The number of oxime groups is 1. The Morgan fingerprint density at radius 2 is 2.45 bits per heavy atom. The van der Waals surface area contributed by atoms with Crippen molar-refractivity contribution in [1.29, 1.82) is 0 Å². The van der Waals surface area contributed by atoms with Gasteiger partial charge in [0.25, 0.3) is 5.66 Å². The fourth-order valence-corrected chi connectivity index (χ4v) is 0.794. The zero-order chi connectivity index (χ0) is 8.48. The molecule has 0 amide bonds. The lowest BCUT2D eigenvalue weighted by Crippen LogP contribution is -2.26. The Morgan fingerprint density at radius 3 is 2.82 bits per heavy atom. The van der Waals surface area contributed by atoms with Crippen molar-refractivity contribution in [2.45, 2.75) is 19.5 Å². The van der Waals surface area contributed by atoms with Crippen molar-refractivity contribution >= 4 is 18.1 Å². The molecular formula is C6H9N3O2. The summed E-state index contributed by atoms with van der Waals surface area (Å²) in [5.41, 5.74) is -0.385. The van der Waals surface area contributed by atoms with Crippen LogP contribution in [0.25, 0.3) is 0 Å². The van der Waals surface area contributed by atoms with E-state index in [1.165, 1.54) is 6.21 Å². The molecule has 1 aliphatic rings. The summed E-state index contributed by atoms with van der Waals surface area (Å²) in [6.07, 6.45) is 2.40. The van der Waals surface area contributed by atoms with Crippen LogP contribution in [0.15, 0.2) is 10.1 Å². The maximum Gasteiger partial charge on any atom is 0.260 e. The van der Waals surface area contributed by atoms with Crippen molar-refractivity contribution in [2.75, 3.05) is 0 Å². The van der Waals surface area contributed by atoms with Gasteiger partial charge in [-0.1, -0.05) is 5.16 Å². The van der Waals surface area contributed by atoms with E-state index >= 15 is 0 Å². The molecule has 1 rings (SSSR count). The highest BCUT2D eigenvalue weighted by Crippen LogP contribution is 2.13. The van der Waals surface area contributed by atoms with E-state index in [2.05, 4.69) is 10.1 Å². The highest BCUT2D eigenvalue weighted by atomic mass is 16.5. The molecule has 0 aliphatic carbocycles. The highest BCUT2D eigenvalue weighted by molar-refractivity contribution is 6.55. The van der Waals surface area contributed by atoms with E-state index in [4.69, 9.17) is 5.21 Å². The van der Waals surface area contributed by atoms with Gasteiger partial charge in [-0.15, -0.1) is 0 Å². The highest BCUT2D eigenvalue weighted by Gasteiger charge is 2.30. The smallest absolute Gasteiger partial charge is 0.260 e. The van der Waals surface area contributed by atoms with Crippen LogP contribution in [-0.4, -0.2) is 33.7 Å². The van der Waals surface area contributed by atoms with Gasteiger partial charge in [-0.3, -0.25) is 0 Å². The molecule has 5 nitrogen and oxygen atoms in total. The quantitative estimate of drug-likeness (QED) is 0.193. The second kappa shape index (κ2) is 2.34. The minimum absolute atomic E-state index is 0.382. The molecule has 0 aromatic heterocycles. The predicted octanol–water partition coefficient (Wildman–Crippen LogP) is 0.218. The first kappa shape index (κ1) is 7.71. The molecule has 1 heterocycles. The molecule has 1 aliphatic heterocycles. The standard InChI is InChI=1S/C6H9N3O2/c1-6(2)8-5(3-7-10)4-9(6)11/h3-4,10H,1-2H3/b7-3+. The minimum atomic E-state index is -0.767. The van der Waals surface area contributed by atoms with Crippen molar-refractivity contribution in [3.05, 3.63) is 5.21 Å². The van der Waals surface area contributed by atoms with E-state index in [1.54, 1.807) is 13.8 Å². The number of aliphatic imine (C=N–C) groups is 1. The predicted molar refractivity (Wildman–Crippen MR) is 41.5 cm³/mol. The molecule has 0 saturated carbocycles. The number of hydrogen-bond donors (Lipinski definition) is 1. The van der Waals surface area contributed by atoms with E-state index in [0.717, 1.165) is 6.21 Å². The second-order valence-corrected chi connectivity index (χ2v) is 2.73. The van der Waals surface area contributed by atoms with Crippen molar-refractivity contribution in [3.8, 4) is 0 Å². The molecule has 11 heavy (non-hydrogen) atoms. The number of rotatable bonds is 1. The van der Waals surface area contributed by atoms with Gasteiger partial charge in [0.05, 0.1) is 6.21 Å². The van der Waals surface area contributed by atoms with Crippen molar-refractivity contribution < 1.29 is 9.95 Å². The maximum absolute atomic E-state index is 11.0. The Bertz CT molecular complexity index is 253. The van der Waals surface area contributed by atoms with E-state index in [0.29, 0.717) is 10.5 Å². The summed E-state index contributed by atoms with van der Waals surface area (Å²) in [7, 11) is 0. The van der Waals surface area contributed by atoms with Crippen LogP contribution >= 0.6 is 0 Å². The summed E-state index contributed by atoms with van der Waals surface area (Å²) in [5.74, 6) is 0. The molecule has 0 unspecified atom stereocenters. The Hall–Kier alpha value is -1.39. The van der Waals surface area contributed by atoms with Gasteiger partial charge in [0.2, 0.25) is 6.21 Å². The summed E-state index contributed by atoms with van der Waals surface area (Å²) in [5, 5.41) is 21.9. The van der Waals surface area contributed by atoms with Crippen molar-refractivity contribution in [2.24, 2.45) is 10.1 Å². The molecule has 1 N–H and O–H groups in total. The van der Waals surface area contributed by atoms with Crippen LogP contribution in [0, 0.1) is 5.21 Å². The first-order valence-corrected chi connectivity index (χ1v) is 3.15. The van der Waals surface area contributed by atoms with Crippen molar-refractivity contribution in [1.82, 2.24) is 0 Å². The fourth-order valence-electron chi connectivity index (χ4n) is 0.794. The first-order valence-electron chi connectivity index (χ1n) is 3.15. The largest absolute Gasteiger partial charge is 0.622 e. The van der Waals surface area contributed by atoms with Crippen LogP contribution in [0.4, 0.5) is 0 Å². The van der Waals surface area contributed by atoms with E-state index in [1.807, 2.05) is 0 Å². The van der Waals surface area contributed by atoms with Gasteiger partial charge < -0.3 is 10.4 Å². The molecule has 0 fully saturated rings. The molecule has 60 valence electrons. The Balaban J connectivity index is 2.91. The normalized spacial score (nSPS) is 22.0. The SMILES string of the molecule is CC1(C)N=C(/C=N/O)C=[N+]1[O-]. The number of hydroxylamine groups is 1. The van der Waals surface area contributed by atoms with Crippen LogP contribution in [0.3, 0.4) is 0 Å². The second-order valence-electron chi connectivity index (χ2n) is 2.73. The lowest BCUT2D eigenvalue weighted by Gasteiger charge is -2.13. The summed E-state index contributed by atoms with van der Waals surface area (Å²) >= 11 is 0. The monoisotopic (exact) mass is 155 g/mol.